The van der Waals surface area contributed by atoms with Gasteiger partial charge in [0.2, 0.25) is 0 Å². The summed E-state index contributed by atoms with van der Waals surface area (Å²) in [6, 6.07) is 19.5. The summed E-state index contributed by atoms with van der Waals surface area (Å²) in [6.07, 6.45) is 4.64. The van der Waals surface area contributed by atoms with Crippen LogP contribution in [0.15, 0.2) is 75.1 Å². The van der Waals surface area contributed by atoms with Gasteiger partial charge < -0.3 is 9.64 Å². The Balaban J connectivity index is 1.31. The predicted octanol–water partition coefficient (Wildman–Crippen LogP) is 9.89. The maximum Gasteiger partial charge on any atom is 0.177 e. The second kappa shape index (κ2) is 12.8. The van der Waals surface area contributed by atoms with Crippen LogP contribution in [0.2, 0.25) is 0 Å². The summed E-state index contributed by atoms with van der Waals surface area (Å²) in [5.41, 5.74) is 4.25. The first kappa shape index (κ1) is 27.5. The first-order valence-corrected chi connectivity index (χ1v) is 14.1. The minimum Gasteiger partial charge on any atom is -0.484 e. The van der Waals surface area contributed by atoms with E-state index in [0.29, 0.717) is 39.3 Å². The molecule has 0 aliphatic carbocycles. The molecule has 2 aromatic carbocycles. The number of hydrogen-bond acceptors (Lipinski definition) is 8. The quantitative estimate of drug-likeness (QED) is 0.245. The molecule has 2 heterocycles. The molecule has 1 atom stereocenters. The number of ether oxygens (including phenoxy) is 1. The predicted molar refractivity (Wildman–Crippen MR) is 155 cm³/mol. The summed E-state index contributed by atoms with van der Waals surface area (Å²) in [4.78, 5) is 2.40. The molecule has 1 unspecified atom stereocenters. The number of nitriles is 1. The smallest absolute Gasteiger partial charge is 0.177 e. The highest BCUT2D eigenvalue weighted by Crippen LogP contribution is 2.37. The molecule has 1 aliphatic heterocycles. The lowest BCUT2D eigenvalue weighted by molar-refractivity contribution is 0.244. The molecule has 0 bridgehead atoms. The van der Waals surface area contributed by atoms with Crippen molar-refractivity contribution in [3.8, 4) is 11.1 Å². The van der Waals surface area contributed by atoms with E-state index in [2.05, 4.69) is 71.3 Å². The Morgan fingerprint density at radius 2 is 1.47 bits per heavy atom. The molecular weight excluding hydrogens is 492 g/mol. The molecule has 3 aromatic rings. The lowest BCUT2D eigenvalue weighted by Gasteiger charge is -2.23. The Morgan fingerprint density at radius 3 is 2.03 bits per heavy atom. The minimum atomic E-state index is 0.310. The zero-order chi connectivity index (χ0) is 27.0. The normalized spacial score (nSPS) is 14.9. The van der Waals surface area contributed by atoms with Crippen molar-refractivity contribution in [3.05, 3.63) is 60.2 Å². The molecule has 0 saturated carbocycles. The monoisotopic (exact) mass is 528 g/mol. The van der Waals surface area contributed by atoms with Gasteiger partial charge in [-0.3, -0.25) is 0 Å². The molecule has 0 N–H and O–H groups in total. The van der Waals surface area contributed by atoms with Gasteiger partial charge in [-0.1, -0.05) is 39.0 Å². The van der Waals surface area contributed by atoms with Crippen molar-refractivity contribution >= 4 is 39.1 Å². The molecule has 0 amide bonds. The number of rotatable bonds is 10. The maximum atomic E-state index is 9.50. The second-order valence-electron chi connectivity index (χ2n) is 11.0. The fraction of sp³-hybridized carbons (Fsp3) is 0.433. The van der Waals surface area contributed by atoms with E-state index < -0.39 is 0 Å². The van der Waals surface area contributed by atoms with Gasteiger partial charge >= 0.3 is 0 Å². The van der Waals surface area contributed by atoms with E-state index in [1.54, 1.807) is 6.07 Å². The summed E-state index contributed by atoms with van der Waals surface area (Å²) in [6.45, 7) is 11.9. The Bertz CT molecular complexity index is 1280. The fourth-order valence-corrected chi connectivity index (χ4v) is 5.41. The second-order valence-corrected chi connectivity index (χ2v) is 12.0. The minimum absolute atomic E-state index is 0.310. The molecule has 0 spiro atoms. The maximum absolute atomic E-state index is 9.50. The van der Waals surface area contributed by atoms with Crippen LogP contribution < -0.4 is 9.64 Å². The van der Waals surface area contributed by atoms with Gasteiger partial charge in [-0.2, -0.15) is 15.5 Å². The molecule has 1 saturated heterocycles. The summed E-state index contributed by atoms with van der Waals surface area (Å²) in [7, 11) is 0. The topological polar surface area (TPSA) is 85.7 Å². The van der Waals surface area contributed by atoms with E-state index >= 15 is 0 Å². The number of benzene rings is 2. The van der Waals surface area contributed by atoms with Crippen LogP contribution in [0.3, 0.4) is 0 Å². The van der Waals surface area contributed by atoms with E-state index in [0.717, 1.165) is 37.3 Å². The summed E-state index contributed by atoms with van der Waals surface area (Å²) in [5, 5.41) is 28.0. The fourth-order valence-electron chi connectivity index (χ4n) is 4.60. The van der Waals surface area contributed by atoms with E-state index in [-0.39, 0.29) is 0 Å². The molecule has 1 aliphatic rings. The number of anilines is 1. The van der Waals surface area contributed by atoms with E-state index in [9.17, 15) is 5.26 Å². The van der Waals surface area contributed by atoms with E-state index in [4.69, 9.17) is 4.74 Å². The van der Waals surface area contributed by atoms with Crippen LogP contribution in [-0.4, -0.2) is 19.7 Å². The largest absolute Gasteiger partial charge is 0.484 e. The van der Waals surface area contributed by atoms with E-state index in [1.165, 1.54) is 29.9 Å². The molecule has 198 valence electrons. The Morgan fingerprint density at radius 1 is 0.921 bits per heavy atom. The SMILES string of the molecule is CC(CCOc1cc(C#N)c(N=Nc2ccc(N=Nc3ccc(N4CCCC4)cc3)cc2)s1)CC(C)(C)C. The van der Waals surface area contributed by atoms with Crippen molar-refractivity contribution < 1.29 is 4.74 Å². The number of nitrogens with zero attached hydrogens (tertiary/aromatic N) is 6. The standard InChI is InChI=1S/C30H36N6OS/c1-22(20-30(2,3)4)15-18-37-28-19-23(21-31)29(38-28)35-34-25-9-7-24(8-10-25)32-33-26-11-13-27(14-12-26)36-16-5-6-17-36/h7-14,19,22H,5-6,15-18,20H2,1-4H3. The Labute approximate surface area is 229 Å². The van der Waals surface area contributed by atoms with Crippen LogP contribution in [0.1, 0.15) is 58.9 Å². The van der Waals surface area contributed by atoms with Crippen LogP contribution in [0, 0.1) is 22.7 Å². The Kier molecular flexibility index (Phi) is 9.24. The molecule has 4 rings (SSSR count). The zero-order valence-corrected chi connectivity index (χ0v) is 23.5. The molecule has 8 heteroatoms. The highest BCUT2D eigenvalue weighted by molar-refractivity contribution is 7.17. The lowest BCUT2D eigenvalue weighted by Crippen LogP contribution is -2.17. The van der Waals surface area contributed by atoms with Crippen molar-refractivity contribution in [3.63, 3.8) is 0 Å². The molecular formula is C30H36N6OS. The molecule has 0 radical (unpaired) electrons. The molecule has 1 aromatic heterocycles. The van der Waals surface area contributed by atoms with Crippen LogP contribution in [0.4, 0.5) is 27.8 Å². The van der Waals surface area contributed by atoms with Gasteiger partial charge in [0.1, 0.15) is 6.07 Å². The highest BCUT2D eigenvalue weighted by Gasteiger charge is 2.16. The van der Waals surface area contributed by atoms with E-state index in [1.807, 2.05) is 36.4 Å². The van der Waals surface area contributed by atoms with Gasteiger partial charge in [0.25, 0.3) is 0 Å². The highest BCUT2D eigenvalue weighted by atomic mass is 32.1. The number of thiophene rings is 1. The molecule has 1 fully saturated rings. The summed E-state index contributed by atoms with van der Waals surface area (Å²) >= 11 is 1.34. The van der Waals surface area contributed by atoms with Crippen molar-refractivity contribution in [2.45, 2.75) is 53.4 Å². The average molecular weight is 529 g/mol. The molecule has 38 heavy (non-hydrogen) atoms. The zero-order valence-electron chi connectivity index (χ0n) is 22.7. The number of hydrogen-bond donors (Lipinski definition) is 0. The summed E-state index contributed by atoms with van der Waals surface area (Å²) < 4.78 is 5.92. The number of azo groups is 2. The molecule has 7 nitrogen and oxygen atoms in total. The summed E-state index contributed by atoms with van der Waals surface area (Å²) in [5.74, 6) is 0.576. The lowest BCUT2D eigenvalue weighted by atomic mass is 9.84. The first-order valence-electron chi connectivity index (χ1n) is 13.2. The average Bonchev–Trinajstić information content (AvgIpc) is 3.56. The van der Waals surface area contributed by atoms with Crippen LogP contribution >= 0.6 is 11.3 Å². The van der Waals surface area contributed by atoms with Crippen LogP contribution in [0.25, 0.3) is 0 Å². The van der Waals surface area contributed by atoms with Crippen LogP contribution in [-0.2, 0) is 0 Å². The van der Waals surface area contributed by atoms with Crippen molar-refractivity contribution in [1.82, 2.24) is 0 Å². The van der Waals surface area contributed by atoms with Gasteiger partial charge in [-0.25, -0.2) is 0 Å². The van der Waals surface area contributed by atoms with Gasteiger partial charge in [-0.05, 0) is 85.5 Å². The first-order chi connectivity index (χ1) is 18.3. The van der Waals surface area contributed by atoms with Crippen molar-refractivity contribution in [1.29, 1.82) is 5.26 Å². The van der Waals surface area contributed by atoms with Gasteiger partial charge in [0, 0.05) is 24.8 Å². The third-order valence-electron chi connectivity index (χ3n) is 6.33. The van der Waals surface area contributed by atoms with Crippen molar-refractivity contribution in [2.75, 3.05) is 24.6 Å². The van der Waals surface area contributed by atoms with Gasteiger partial charge in [0.15, 0.2) is 10.1 Å². The van der Waals surface area contributed by atoms with Gasteiger partial charge in [0.05, 0.1) is 29.2 Å². The Hall–Kier alpha value is -3.57. The van der Waals surface area contributed by atoms with Gasteiger partial charge in [-0.15, -0.1) is 10.2 Å². The van der Waals surface area contributed by atoms with Crippen molar-refractivity contribution in [2.24, 2.45) is 31.8 Å². The third-order valence-corrected chi connectivity index (χ3v) is 7.27. The third kappa shape index (κ3) is 8.22. The van der Waals surface area contributed by atoms with Crippen LogP contribution in [0.5, 0.6) is 5.06 Å².